The highest BCUT2D eigenvalue weighted by atomic mass is 16.3. The van der Waals surface area contributed by atoms with E-state index in [-0.39, 0.29) is 5.91 Å². The number of likely N-dealkylation sites (tertiary alicyclic amines) is 1. The number of nitrogens with one attached hydrogen (secondary N) is 1. The van der Waals surface area contributed by atoms with Gasteiger partial charge in [-0.3, -0.25) is 4.79 Å². The number of nitrogens with zero attached hydrogens (tertiary/aromatic N) is 3. The molecule has 120 valence electrons. The maximum absolute atomic E-state index is 12.3. The number of hydrogen-bond acceptors (Lipinski definition) is 5. The Bertz CT molecular complexity index is 691. The molecule has 2 aromatic rings. The van der Waals surface area contributed by atoms with Crippen molar-refractivity contribution in [2.24, 2.45) is 0 Å². The van der Waals surface area contributed by atoms with Crippen LogP contribution in [0.25, 0.3) is 0 Å². The highest BCUT2D eigenvalue weighted by Crippen LogP contribution is 2.27. The normalized spacial score (nSPS) is 18.0. The average molecular weight is 312 g/mol. The SMILES string of the molecule is O=C(c1ccoc1)N1CCC(Nc2ncnc3c2CCC3)CC1. The number of carbonyl (C=O) groups excluding carboxylic acids is 1. The zero-order chi connectivity index (χ0) is 15.6. The Hall–Kier alpha value is -2.37. The molecule has 1 N–H and O–H groups in total. The van der Waals surface area contributed by atoms with Gasteiger partial charge in [0, 0.05) is 30.4 Å². The largest absolute Gasteiger partial charge is 0.472 e. The Morgan fingerprint density at radius 1 is 1.26 bits per heavy atom. The first kappa shape index (κ1) is 14.2. The summed E-state index contributed by atoms with van der Waals surface area (Å²) in [5, 5.41) is 3.57. The fourth-order valence-electron chi connectivity index (χ4n) is 3.47. The Morgan fingerprint density at radius 3 is 2.91 bits per heavy atom. The van der Waals surface area contributed by atoms with Crippen molar-refractivity contribution in [1.29, 1.82) is 0 Å². The third-order valence-electron chi connectivity index (χ3n) is 4.77. The van der Waals surface area contributed by atoms with Crippen LogP contribution in [-0.2, 0) is 12.8 Å². The van der Waals surface area contributed by atoms with Crippen LogP contribution in [0, 0.1) is 0 Å². The summed E-state index contributed by atoms with van der Waals surface area (Å²) in [6.07, 6.45) is 9.86. The maximum Gasteiger partial charge on any atom is 0.257 e. The number of piperidine rings is 1. The van der Waals surface area contributed by atoms with Crippen LogP contribution < -0.4 is 5.32 Å². The van der Waals surface area contributed by atoms with Crippen LogP contribution in [0.5, 0.6) is 0 Å². The minimum atomic E-state index is 0.0557. The molecule has 1 saturated heterocycles. The van der Waals surface area contributed by atoms with Crippen LogP contribution in [-0.4, -0.2) is 39.9 Å². The number of aromatic nitrogens is 2. The first-order valence-corrected chi connectivity index (χ1v) is 8.22. The molecule has 4 rings (SSSR count). The predicted octanol–water partition coefficient (Wildman–Crippen LogP) is 2.28. The van der Waals surface area contributed by atoms with Crippen molar-refractivity contribution in [3.63, 3.8) is 0 Å². The van der Waals surface area contributed by atoms with Gasteiger partial charge in [-0.15, -0.1) is 0 Å². The molecule has 1 aliphatic heterocycles. The predicted molar refractivity (Wildman–Crippen MR) is 85.3 cm³/mol. The second-order valence-electron chi connectivity index (χ2n) is 6.22. The van der Waals surface area contributed by atoms with E-state index in [1.165, 1.54) is 30.2 Å². The number of furan rings is 1. The van der Waals surface area contributed by atoms with E-state index in [0.717, 1.165) is 44.6 Å². The Labute approximate surface area is 134 Å². The Kier molecular flexibility index (Phi) is 3.73. The van der Waals surface area contributed by atoms with E-state index in [0.29, 0.717) is 11.6 Å². The molecule has 0 spiro atoms. The second-order valence-corrected chi connectivity index (χ2v) is 6.22. The molecular formula is C17H20N4O2. The smallest absolute Gasteiger partial charge is 0.257 e. The molecule has 2 aromatic heterocycles. The van der Waals surface area contributed by atoms with E-state index < -0.39 is 0 Å². The van der Waals surface area contributed by atoms with Crippen LogP contribution in [0.4, 0.5) is 5.82 Å². The highest BCUT2D eigenvalue weighted by Gasteiger charge is 2.25. The minimum absolute atomic E-state index is 0.0557. The number of anilines is 1. The van der Waals surface area contributed by atoms with E-state index in [1.807, 2.05) is 4.90 Å². The van der Waals surface area contributed by atoms with Crippen LogP contribution in [0.3, 0.4) is 0 Å². The standard InChI is InChI=1S/C17H20N4O2/c22-17(12-6-9-23-10-12)21-7-4-13(5-8-21)20-16-14-2-1-3-15(14)18-11-19-16/h6,9-11,13H,1-5,7-8H2,(H,18,19,20). The molecule has 0 atom stereocenters. The lowest BCUT2D eigenvalue weighted by atomic mass is 10.0. The summed E-state index contributed by atoms with van der Waals surface area (Å²) in [5.74, 6) is 1.05. The summed E-state index contributed by atoms with van der Waals surface area (Å²) < 4.78 is 5.00. The Morgan fingerprint density at radius 2 is 2.13 bits per heavy atom. The van der Waals surface area contributed by atoms with Gasteiger partial charge in [-0.05, 0) is 38.2 Å². The van der Waals surface area contributed by atoms with Crippen LogP contribution in [0.1, 0.15) is 40.9 Å². The van der Waals surface area contributed by atoms with E-state index in [9.17, 15) is 4.79 Å². The molecule has 0 radical (unpaired) electrons. The molecule has 6 heteroatoms. The molecule has 2 aliphatic rings. The second kappa shape index (κ2) is 6.02. The topological polar surface area (TPSA) is 71.3 Å². The van der Waals surface area contributed by atoms with Gasteiger partial charge in [-0.25, -0.2) is 9.97 Å². The van der Waals surface area contributed by atoms with Crippen molar-refractivity contribution in [2.45, 2.75) is 38.1 Å². The molecule has 0 aromatic carbocycles. The molecule has 23 heavy (non-hydrogen) atoms. The van der Waals surface area contributed by atoms with E-state index in [2.05, 4.69) is 15.3 Å². The van der Waals surface area contributed by atoms with E-state index in [4.69, 9.17) is 4.42 Å². The molecule has 1 amide bonds. The van der Waals surface area contributed by atoms with Gasteiger partial charge in [0.05, 0.1) is 11.8 Å². The third-order valence-corrected chi connectivity index (χ3v) is 4.77. The molecule has 3 heterocycles. The van der Waals surface area contributed by atoms with Gasteiger partial charge in [-0.2, -0.15) is 0 Å². The monoisotopic (exact) mass is 312 g/mol. The number of amides is 1. The van der Waals surface area contributed by atoms with Gasteiger partial charge in [0.15, 0.2) is 0 Å². The van der Waals surface area contributed by atoms with Gasteiger partial charge in [0.2, 0.25) is 0 Å². The van der Waals surface area contributed by atoms with Crippen LogP contribution in [0.2, 0.25) is 0 Å². The highest BCUT2D eigenvalue weighted by molar-refractivity contribution is 5.93. The van der Waals surface area contributed by atoms with E-state index >= 15 is 0 Å². The lowest BCUT2D eigenvalue weighted by molar-refractivity contribution is 0.0717. The summed E-state index contributed by atoms with van der Waals surface area (Å²) in [4.78, 5) is 23.0. The number of carbonyl (C=O) groups is 1. The zero-order valence-corrected chi connectivity index (χ0v) is 13.0. The minimum Gasteiger partial charge on any atom is -0.472 e. The lowest BCUT2D eigenvalue weighted by Crippen LogP contribution is -2.42. The van der Waals surface area contributed by atoms with Crippen molar-refractivity contribution in [1.82, 2.24) is 14.9 Å². The maximum atomic E-state index is 12.3. The van der Waals surface area contributed by atoms with Gasteiger partial charge in [0.25, 0.3) is 5.91 Å². The zero-order valence-electron chi connectivity index (χ0n) is 13.0. The number of fused-ring (bicyclic) bond motifs is 1. The fraction of sp³-hybridized carbons (Fsp3) is 0.471. The molecular weight excluding hydrogens is 292 g/mol. The number of hydrogen-bond donors (Lipinski definition) is 1. The van der Waals surface area contributed by atoms with Gasteiger partial charge < -0.3 is 14.6 Å². The van der Waals surface area contributed by atoms with Crippen LogP contribution in [0.15, 0.2) is 29.3 Å². The molecule has 0 unspecified atom stereocenters. The van der Waals surface area contributed by atoms with Crippen molar-refractivity contribution < 1.29 is 9.21 Å². The molecule has 0 saturated carbocycles. The molecule has 1 fully saturated rings. The quantitative estimate of drug-likeness (QED) is 0.941. The molecule has 1 aliphatic carbocycles. The summed E-state index contributed by atoms with van der Waals surface area (Å²) in [5.41, 5.74) is 3.10. The van der Waals surface area contributed by atoms with Crippen LogP contribution >= 0.6 is 0 Å². The summed E-state index contributed by atoms with van der Waals surface area (Å²) in [6.45, 7) is 1.52. The summed E-state index contributed by atoms with van der Waals surface area (Å²) in [6, 6.07) is 2.08. The van der Waals surface area contributed by atoms with Crippen molar-refractivity contribution >= 4 is 11.7 Å². The summed E-state index contributed by atoms with van der Waals surface area (Å²) in [7, 11) is 0. The fourth-order valence-corrected chi connectivity index (χ4v) is 3.47. The van der Waals surface area contributed by atoms with Gasteiger partial charge in [0.1, 0.15) is 18.4 Å². The van der Waals surface area contributed by atoms with Crippen molar-refractivity contribution in [3.8, 4) is 0 Å². The summed E-state index contributed by atoms with van der Waals surface area (Å²) >= 11 is 0. The average Bonchev–Trinajstić information content (AvgIpc) is 3.27. The van der Waals surface area contributed by atoms with Gasteiger partial charge >= 0.3 is 0 Å². The Balaban J connectivity index is 1.37. The van der Waals surface area contributed by atoms with Crippen molar-refractivity contribution in [2.75, 3.05) is 18.4 Å². The molecule has 6 nitrogen and oxygen atoms in total. The third kappa shape index (κ3) is 2.81. The van der Waals surface area contributed by atoms with E-state index in [1.54, 1.807) is 12.4 Å². The first-order chi connectivity index (χ1) is 11.3. The number of rotatable bonds is 3. The first-order valence-electron chi connectivity index (χ1n) is 8.22. The number of aryl methyl sites for hydroxylation is 1. The molecule has 0 bridgehead atoms. The van der Waals surface area contributed by atoms with Crippen molar-refractivity contribution in [3.05, 3.63) is 41.7 Å². The lowest BCUT2D eigenvalue weighted by Gasteiger charge is -2.32. The van der Waals surface area contributed by atoms with Gasteiger partial charge in [-0.1, -0.05) is 0 Å².